The molecule has 25 heavy (non-hydrogen) atoms. The van der Waals surface area contributed by atoms with Crippen molar-refractivity contribution in [3.05, 3.63) is 72.3 Å². The largest absolute Gasteiger partial charge is 0.218 e. The van der Waals surface area contributed by atoms with E-state index in [1.807, 2.05) is 60.7 Å². The lowest BCUT2D eigenvalue weighted by molar-refractivity contribution is 0.568. The third-order valence-electron chi connectivity index (χ3n) is 4.01. The van der Waals surface area contributed by atoms with Crippen LogP contribution in [-0.4, -0.2) is 18.7 Å². The van der Waals surface area contributed by atoms with E-state index < -0.39 is 5.41 Å². The normalized spacial score (nSPS) is 11.6. The number of rotatable bonds is 4. The van der Waals surface area contributed by atoms with Crippen molar-refractivity contribution in [2.45, 2.75) is 19.3 Å². The molecule has 2 heterocycles. The van der Waals surface area contributed by atoms with Crippen molar-refractivity contribution in [3.63, 3.8) is 0 Å². The van der Waals surface area contributed by atoms with Crippen LogP contribution in [0.25, 0.3) is 21.1 Å². The van der Waals surface area contributed by atoms with Crippen molar-refractivity contribution in [3.8, 4) is 21.1 Å². The molecule has 2 aromatic heterocycles. The van der Waals surface area contributed by atoms with E-state index in [2.05, 4.69) is 22.6 Å². The van der Waals surface area contributed by atoms with Gasteiger partial charge in [-0.1, -0.05) is 60.7 Å². The third-order valence-corrected chi connectivity index (χ3v) is 5.54. The lowest BCUT2D eigenvalue weighted by atomic mass is 9.92. The van der Waals surface area contributed by atoms with Gasteiger partial charge >= 0.3 is 0 Å². The van der Waals surface area contributed by atoms with Gasteiger partial charge in [-0.05, 0) is 36.9 Å². The first kappa shape index (κ1) is 16.1. The third kappa shape index (κ3) is 3.10. The average molecular weight is 364 g/mol. The number of benzene rings is 2. The molecule has 0 amide bonds. The fourth-order valence-electron chi connectivity index (χ4n) is 2.45. The van der Waals surface area contributed by atoms with Crippen LogP contribution < -0.4 is 0 Å². The second kappa shape index (κ2) is 6.46. The summed E-state index contributed by atoms with van der Waals surface area (Å²) >= 11 is 2.83. The Morgan fingerprint density at radius 1 is 0.640 bits per heavy atom. The molecular formula is C19H16N4S2. The fourth-order valence-corrected chi connectivity index (χ4v) is 4.07. The molecule has 0 saturated heterocycles. The molecule has 0 N–H and O–H groups in total. The summed E-state index contributed by atoms with van der Waals surface area (Å²) in [5.74, 6) is 1.52. The van der Waals surface area contributed by atoms with E-state index in [1.54, 1.807) is 0 Å². The average Bonchev–Trinajstić information content (AvgIpc) is 3.34. The molecule has 0 radical (unpaired) electrons. The molecule has 2 aromatic carbocycles. The summed E-state index contributed by atoms with van der Waals surface area (Å²) in [6.07, 6.45) is 0. The zero-order valence-corrected chi connectivity index (χ0v) is 15.5. The summed E-state index contributed by atoms with van der Waals surface area (Å²) in [7, 11) is 0. The first-order chi connectivity index (χ1) is 12.1. The molecule has 4 aromatic rings. The van der Waals surface area contributed by atoms with E-state index >= 15 is 0 Å². The van der Waals surface area contributed by atoms with E-state index in [0.717, 1.165) is 32.8 Å². The van der Waals surface area contributed by atoms with Crippen molar-refractivity contribution in [2.24, 2.45) is 0 Å². The lowest BCUT2D eigenvalue weighted by Gasteiger charge is -2.16. The van der Waals surface area contributed by atoms with E-state index in [-0.39, 0.29) is 0 Å². The Bertz CT molecular complexity index is 895. The van der Waals surface area contributed by atoms with Crippen LogP contribution in [0, 0.1) is 0 Å². The molecule has 0 aliphatic heterocycles. The minimum Gasteiger partial charge on any atom is -0.218 e. The van der Waals surface area contributed by atoms with Gasteiger partial charge in [0.05, 0.1) is 5.41 Å². The highest BCUT2D eigenvalue weighted by Crippen LogP contribution is 2.33. The standard InChI is InChI=1S/C19H16N4S2/c1-19(2,17-20-15(24-22-17)13-9-5-3-6-10-13)18-21-16(25-23-18)14-11-7-4-8-12-14/h3-12H,1-2H3. The van der Waals surface area contributed by atoms with E-state index in [4.69, 9.17) is 9.97 Å². The first-order valence-corrected chi connectivity index (χ1v) is 9.48. The van der Waals surface area contributed by atoms with Crippen LogP contribution in [0.3, 0.4) is 0 Å². The highest BCUT2D eigenvalue weighted by atomic mass is 32.1. The van der Waals surface area contributed by atoms with Gasteiger partial charge < -0.3 is 0 Å². The minimum absolute atomic E-state index is 0.437. The molecule has 0 spiro atoms. The number of nitrogens with zero attached hydrogens (tertiary/aromatic N) is 4. The van der Waals surface area contributed by atoms with Gasteiger partial charge in [-0.2, -0.15) is 8.75 Å². The van der Waals surface area contributed by atoms with Gasteiger partial charge in [0.25, 0.3) is 0 Å². The highest BCUT2D eigenvalue weighted by molar-refractivity contribution is 7.09. The minimum atomic E-state index is -0.437. The van der Waals surface area contributed by atoms with Gasteiger partial charge in [-0.25, -0.2) is 9.97 Å². The zero-order valence-electron chi connectivity index (χ0n) is 13.9. The Morgan fingerprint density at radius 3 is 1.44 bits per heavy atom. The van der Waals surface area contributed by atoms with Crippen molar-refractivity contribution in [1.29, 1.82) is 0 Å². The molecule has 4 rings (SSSR count). The van der Waals surface area contributed by atoms with Crippen molar-refractivity contribution in [2.75, 3.05) is 0 Å². The van der Waals surface area contributed by atoms with E-state index in [0.29, 0.717) is 0 Å². The summed E-state index contributed by atoms with van der Waals surface area (Å²) in [5, 5.41) is 1.84. The number of aromatic nitrogens is 4. The van der Waals surface area contributed by atoms with Crippen molar-refractivity contribution in [1.82, 2.24) is 18.7 Å². The predicted octanol–water partition coefficient (Wildman–Crippen LogP) is 5.05. The Morgan fingerprint density at radius 2 is 1.04 bits per heavy atom. The zero-order chi connectivity index (χ0) is 17.3. The summed E-state index contributed by atoms with van der Waals surface area (Å²) in [6, 6.07) is 20.2. The van der Waals surface area contributed by atoms with Gasteiger partial charge in [0.1, 0.15) is 10.0 Å². The van der Waals surface area contributed by atoms with Gasteiger partial charge in [-0.3, -0.25) is 0 Å². The number of hydrogen-bond acceptors (Lipinski definition) is 6. The summed E-state index contributed by atoms with van der Waals surface area (Å²) in [4.78, 5) is 9.49. The maximum absolute atomic E-state index is 4.74. The molecule has 6 heteroatoms. The lowest BCUT2D eigenvalue weighted by Crippen LogP contribution is -2.22. The topological polar surface area (TPSA) is 51.6 Å². The summed E-state index contributed by atoms with van der Waals surface area (Å²) in [5.41, 5.74) is 1.73. The number of hydrogen-bond donors (Lipinski definition) is 0. The maximum atomic E-state index is 4.74. The van der Waals surface area contributed by atoms with Crippen LogP contribution >= 0.6 is 23.1 Å². The Labute approximate surface area is 154 Å². The molecule has 0 aliphatic carbocycles. The molecule has 0 atom stereocenters. The molecule has 124 valence electrons. The van der Waals surface area contributed by atoms with Crippen LogP contribution in [0.2, 0.25) is 0 Å². The summed E-state index contributed by atoms with van der Waals surface area (Å²) in [6.45, 7) is 4.14. The molecule has 0 fully saturated rings. The van der Waals surface area contributed by atoms with Gasteiger partial charge in [0.2, 0.25) is 0 Å². The van der Waals surface area contributed by atoms with Gasteiger partial charge in [-0.15, -0.1) is 0 Å². The van der Waals surface area contributed by atoms with E-state index in [9.17, 15) is 0 Å². The quantitative estimate of drug-likeness (QED) is 0.508. The summed E-state index contributed by atoms with van der Waals surface area (Å²) < 4.78 is 9.16. The molecule has 0 aliphatic rings. The van der Waals surface area contributed by atoms with E-state index in [1.165, 1.54) is 23.1 Å². The molecule has 0 unspecified atom stereocenters. The Balaban J connectivity index is 1.66. The van der Waals surface area contributed by atoms with Crippen molar-refractivity contribution < 1.29 is 0 Å². The van der Waals surface area contributed by atoms with Gasteiger partial charge in [0.15, 0.2) is 11.6 Å². The predicted molar refractivity (Wildman–Crippen MR) is 103 cm³/mol. The molecule has 0 bridgehead atoms. The molecule has 4 nitrogen and oxygen atoms in total. The van der Waals surface area contributed by atoms with Crippen LogP contribution in [0.1, 0.15) is 25.5 Å². The maximum Gasteiger partial charge on any atom is 0.156 e. The van der Waals surface area contributed by atoms with Crippen molar-refractivity contribution >= 4 is 23.1 Å². The molecular weight excluding hydrogens is 348 g/mol. The van der Waals surface area contributed by atoms with Crippen LogP contribution in [0.4, 0.5) is 0 Å². The monoisotopic (exact) mass is 364 g/mol. The first-order valence-electron chi connectivity index (χ1n) is 7.94. The SMILES string of the molecule is CC(C)(c1nsc(-c2ccccc2)n1)c1nsc(-c2ccccc2)n1. The smallest absolute Gasteiger partial charge is 0.156 e. The fraction of sp³-hybridized carbons (Fsp3) is 0.158. The molecule has 0 saturated carbocycles. The highest BCUT2D eigenvalue weighted by Gasteiger charge is 2.32. The van der Waals surface area contributed by atoms with Crippen LogP contribution in [-0.2, 0) is 5.41 Å². The Hall–Kier alpha value is -2.44. The van der Waals surface area contributed by atoms with Crippen LogP contribution in [0.15, 0.2) is 60.7 Å². The second-order valence-electron chi connectivity index (χ2n) is 6.20. The second-order valence-corrected chi connectivity index (χ2v) is 7.71. The van der Waals surface area contributed by atoms with Crippen LogP contribution in [0.5, 0.6) is 0 Å². The Kier molecular flexibility index (Phi) is 4.15. The van der Waals surface area contributed by atoms with Gasteiger partial charge in [0, 0.05) is 11.1 Å².